The fourth-order valence-electron chi connectivity index (χ4n) is 2.43. The second-order valence-electron chi connectivity index (χ2n) is 4.73. The summed E-state index contributed by atoms with van der Waals surface area (Å²) in [5.74, 6) is 1.78. The molecule has 0 heterocycles. The maximum atomic E-state index is 5.32. The number of aryl methyl sites for hydroxylation is 1. The number of hydrogen-bond donors (Lipinski definition) is 1. The average molecular weight is 271 g/mol. The van der Waals surface area contributed by atoms with Gasteiger partial charge in [-0.3, -0.25) is 0 Å². The number of hydrogen-bond acceptors (Lipinski definition) is 3. The SMILES string of the molecule is CNC(c1cccc(OC)c1)c1ccc(OC)c(C)c1. The largest absolute Gasteiger partial charge is 0.497 e. The van der Waals surface area contributed by atoms with E-state index in [0.29, 0.717) is 0 Å². The van der Waals surface area contributed by atoms with Crippen LogP contribution in [0.1, 0.15) is 22.7 Å². The van der Waals surface area contributed by atoms with Gasteiger partial charge in [0.05, 0.1) is 20.3 Å². The smallest absolute Gasteiger partial charge is 0.121 e. The maximum Gasteiger partial charge on any atom is 0.121 e. The third-order valence-corrected chi connectivity index (χ3v) is 3.47. The minimum Gasteiger partial charge on any atom is -0.497 e. The zero-order chi connectivity index (χ0) is 14.5. The molecular formula is C17H21NO2. The Hall–Kier alpha value is -2.00. The van der Waals surface area contributed by atoms with E-state index in [1.165, 1.54) is 11.1 Å². The molecule has 0 aromatic heterocycles. The normalized spacial score (nSPS) is 12.0. The highest BCUT2D eigenvalue weighted by molar-refractivity contribution is 5.42. The van der Waals surface area contributed by atoms with Crippen molar-refractivity contribution in [2.45, 2.75) is 13.0 Å². The highest BCUT2D eigenvalue weighted by Gasteiger charge is 2.13. The lowest BCUT2D eigenvalue weighted by atomic mass is 9.97. The molecule has 0 bridgehead atoms. The van der Waals surface area contributed by atoms with Crippen LogP contribution in [0.15, 0.2) is 42.5 Å². The maximum absolute atomic E-state index is 5.32. The van der Waals surface area contributed by atoms with E-state index >= 15 is 0 Å². The summed E-state index contributed by atoms with van der Waals surface area (Å²) in [5, 5.41) is 3.35. The average Bonchev–Trinajstić information content (AvgIpc) is 2.48. The van der Waals surface area contributed by atoms with E-state index in [1.54, 1.807) is 14.2 Å². The Morgan fingerprint density at radius 3 is 2.30 bits per heavy atom. The van der Waals surface area contributed by atoms with Crippen molar-refractivity contribution < 1.29 is 9.47 Å². The van der Waals surface area contributed by atoms with Crippen LogP contribution in [0.2, 0.25) is 0 Å². The van der Waals surface area contributed by atoms with Crippen LogP contribution in [-0.4, -0.2) is 21.3 Å². The van der Waals surface area contributed by atoms with Crippen molar-refractivity contribution in [1.82, 2.24) is 5.32 Å². The molecule has 0 aliphatic rings. The molecule has 20 heavy (non-hydrogen) atoms. The van der Waals surface area contributed by atoms with E-state index in [0.717, 1.165) is 17.1 Å². The van der Waals surface area contributed by atoms with Crippen LogP contribution in [0, 0.1) is 6.92 Å². The highest BCUT2D eigenvalue weighted by Crippen LogP contribution is 2.28. The molecule has 0 aliphatic heterocycles. The Kier molecular flexibility index (Phi) is 4.64. The molecule has 0 amide bonds. The quantitative estimate of drug-likeness (QED) is 0.905. The number of methoxy groups -OCH3 is 2. The minimum atomic E-state index is 0.134. The molecule has 106 valence electrons. The first-order chi connectivity index (χ1) is 9.69. The Bertz CT molecular complexity index is 581. The van der Waals surface area contributed by atoms with Crippen molar-refractivity contribution in [3.63, 3.8) is 0 Å². The van der Waals surface area contributed by atoms with E-state index in [2.05, 4.69) is 36.5 Å². The molecule has 1 N–H and O–H groups in total. The molecule has 0 radical (unpaired) electrons. The van der Waals surface area contributed by atoms with Crippen LogP contribution in [0.3, 0.4) is 0 Å². The monoisotopic (exact) mass is 271 g/mol. The van der Waals surface area contributed by atoms with Crippen LogP contribution in [0.25, 0.3) is 0 Å². The van der Waals surface area contributed by atoms with Crippen molar-refractivity contribution in [1.29, 1.82) is 0 Å². The lowest BCUT2D eigenvalue weighted by molar-refractivity contribution is 0.411. The Balaban J connectivity index is 2.38. The fraction of sp³-hybridized carbons (Fsp3) is 0.294. The van der Waals surface area contributed by atoms with Gasteiger partial charge in [-0.15, -0.1) is 0 Å². The summed E-state index contributed by atoms with van der Waals surface area (Å²) >= 11 is 0. The summed E-state index contributed by atoms with van der Waals surface area (Å²) in [4.78, 5) is 0. The van der Waals surface area contributed by atoms with E-state index in [1.807, 2.05) is 25.2 Å². The molecule has 3 heteroatoms. The molecule has 2 rings (SSSR count). The van der Waals surface area contributed by atoms with Gasteiger partial charge < -0.3 is 14.8 Å². The second kappa shape index (κ2) is 6.44. The summed E-state index contributed by atoms with van der Waals surface area (Å²) in [6.45, 7) is 2.06. The lowest BCUT2D eigenvalue weighted by Crippen LogP contribution is -2.17. The van der Waals surface area contributed by atoms with E-state index < -0.39 is 0 Å². The van der Waals surface area contributed by atoms with Crippen molar-refractivity contribution in [3.05, 3.63) is 59.2 Å². The van der Waals surface area contributed by atoms with Crippen molar-refractivity contribution in [2.24, 2.45) is 0 Å². The third kappa shape index (κ3) is 2.94. The molecule has 2 aromatic rings. The van der Waals surface area contributed by atoms with Gasteiger partial charge in [0.15, 0.2) is 0 Å². The van der Waals surface area contributed by atoms with Gasteiger partial charge in [0.2, 0.25) is 0 Å². The van der Waals surface area contributed by atoms with E-state index in [4.69, 9.17) is 9.47 Å². The molecule has 0 saturated heterocycles. The van der Waals surface area contributed by atoms with Gasteiger partial charge in [0, 0.05) is 0 Å². The van der Waals surface area contributed by atoms with Crippen LogP contribution in [-0.2, 0) is 0 Å². The standard InChI is InChI=1S/C17H21NO2/c1-12-10-14(8-9-16(12)20-4)17(18-2)13-6-5-7-15(11-13)19-3/h5-11,17-18H,1-4H3. The summed E-state index contributed by atoms with van der Waals surface area (Å²) in [5.41, 5.74) is 3.52. The molecule has 2 aromatic carbocycles. The van der Waals surface area contributed by atoms with Gasteiger partial charge in [-0.25, -0.2) is 0 Å². The van der Waals surface area contributed by atoms with Crippen LogP contribution in [0.5, 0.6) is 11.5 Å². The summed E-state index contributed by atoms with van der Waals surface area (Å²) in [6.07, 6.45) is 0. The molecule has 1 unspecified atom stereocenters. The first-order valence-corrected chi connectivity index (χ1v) is 6.65. The van der Waals surface area contributed by atoms with Crippen molar-refractivity contribution in [2.75, 3.05) is 21.3 Å². The van der Waals surface area contributed by atoms with Gasteiger partial charge in [-0.2, -0.15) is 0 Å². The highest BCUT2D eigenvalue weighted by atomic mass is 16.5. The molecule has 1 atom stereocenters. The Morgan fingerprint density at radius 2 is 1.70 bits per heavy atom. The van der Waals surface area contributed by atoms with Gasteiger partial charge in [-0.05, 0) is 48.9 Å². The molecule has 0 aliphatic carbocycles. The zero-order valence-corrected chi connectivity index (χ0v) is 12.4. The molecule has 3 nitrogen and oxygen atoms in total. The first-order valence-electron chi connectivity index (χ1n) is 6.65. The summed E-state index contributed by atoms with van der Waals surface area (Å²) in [7, 11) is 5.34. The molecule has 0 saturated carbocycles. The minimum absolute atomic E-state index is 0.134. The number of nitrogens with one attached hydrogen (secondary N) is 1. The van der Waals surface area contributed by atoms with Gasteiger partial charge in [0.1, 0.15) is 11.5 Å². The lowest BCUT2D eigenvalue weighted by Gasteiger charge is -2.19. The molecule has 0 fully saturated rings. The number of benzene rings is 2. The fourth-order valence-corrected chi connectivity index (χ4v) is 2.43. The summed E-state index contributed by atoms with van der Waals surface area (Å²) < 4.78 is 10.6. The van der Waals surface area contributed by atoms with Crippen LogP contribution in [0.4, 0.5) is 0 Å². The Morgan fingerprint density at radius 1 is 0.950 bits per heavy atom. The van der Waals surface area contributed by atoms with E-state index in [9.17, 15) is 0 Å². The predicted octanol–water partition coefficient (Wildman–Crippen LogP) is 3.32. The third-order valence-electron chi connectivity index (χ3n) is 3.47. The van der Waals surface area contributed by atoms with Crippen LogP contribution >= 0.6 is 0 Å². The van der Waals surface area contributed by atoms with Gasteiger partial charge in [0.25, 0.3) is 0 Å². The second-order valence-corrected chi connectivity index (χ2v) is 4.73. The first kappa shape index (κ1) is 14.4. The number of rotatable bonds is 5. The van der Waals surface area contributed by atoms with Crippen LogP contribution < -0.4 is 14.8 Å². The topological polar surface area (TPSA) is 30.5 Å². The summed E-state index contributed by atoms with van der Waals surface area (Å²) in [6, 6.07) is 14.5. The Labute approximate surface area is 120 Å². The predicted molar refractivity (Wildman–Crippen MR) is 81.6 cm³/mol. The van der Waals surface area contributed by atoms with Gasteiger partial charge in [-0.1, -0.05) is 24.3 Å². The van der Waals surface area contributed by atoms with Gasteiger partial charge >= 0.3 is 0 Å². The number of ether oxygens (including phenoxy) is 2. The van der Waals surface area contributed by atoms with Crippen molar-refractivity contribution >= 4 is 0 Å². The molecule has 0 spiro atoms. The zero-order valence-electron chi connectivity index (χ0n) is 12.4. The molecular weight excluding hydrogens is 250 g/mol. The van der Waals surface area contributed by atoms with E-state index in [-0.39, 0.29) is 6.04 Å². The van der Waals surface area contributed by atoms with Crippen molar-refractivity contribution in [3.8, 4) is 11.5 Å².